The molecule has 0 aliphatic carbocycles. The highest BCUT2D eigenvalue weighted by atomic mass is 16.5. The fourth-order valence-corrected chi connectivity index (χ4v) is 5.86. The highest BCUT2D eigenvalue weighted by molar-refractivity contribution is 6.39. The number of methoxy groups -OCH3 is 2. The Labute approximate surface area is 217 Å². The molecule has 8 heteroatoms. The van der Waals surface area contributed by atoms with E-state index in [1.54, 1.807) is 45.5 Å². The molecular formula is C30H24N2O6. The van der Waals surface area contributed by atoms with Crippen LogP contribution in [0.5, 0.6) is 11.5 Å². The van der Waals surface area contributed by atoms with Gasteiger partial charge in [0.2, 0.25) is 5.91 Å². The zero-order valence-electron chi connectivity index (χ0n) is 21.6. The number of hydrogen-bond donors (Lipinski definition) is 0. The first-order chi connectivity index (χ1) is 18.2. The van der Waals surface area contributed by atoms with E-state index in [9.17, 15) is 19.2 Å². The van der Waals surface area contributed by atoms with Crippen molar-refractivity contribution in [3.63, 3.8) is 0 Å². The van der Waals surface area contributed by atoms with Crippen molar-refractivity contribution in [1.29, 1.82) is 0 Å². The van der Waals surface area contributed by atoms with Gasteiger partial charge in [0, 0.05) is 59.2 Å². The van der Waals surface area contributed by atoms with Gasteiger partial charge in [-0.1, -0.05) is 18.2 Å². The number of carbonyl (C=O) groups excluding carboxylic acids is 4. The molecule has 1 aliphatic rings. The lowest BCUT2D eigenvalue weighted by atomic mass is 9.83. The van der Waals surface area contributed by atoms with Crippen molar-refractivity contribution < 1.29 is 28.7 Å². The molecule has 0 atom stereocenters. The first-order valence-corrected chi connectivity index (χ1v) is 12.1. The summed E-state index contributed by atoms with van der Waals surface area (Å²) < 4.78 is 11.7. The van der Waals surface area contributed by atoms with Crippen LogP contribution in [0.4, 0.5) is 0 Å². The SMILES string of the molecule is COc1cc(C(=O)N(C)C)c2c(C=O)ccc3c4ccc5c6c(cc(OC)c(c1c23)c64)CC(=O)N(C)C5=O. The third-order valence-electron chi connectivity index (χ3n) is 7.60. The minimum Gasteiger partial charge on any atom is -0.496 e. The van der Waals surface area contributed by atoms with E-state index >= 15 is 0 Å². The molecule has 3 amide bonds. The van der Waals surface area contributed by atoms with Crippen molar-refractivity contribution >= 4 is 67.1 Å². The van der Waals surface area contributed by atoms with Crippen molar-refractivity contribution in [2.45, 2.75) is 6.42 Å². The average molecular weight is 509 g/mol. The maximum Gasteiger partial charge on any atom is 0.260 e. The monoisotopic (exact) mass is 508 g/mol. The minimum absolute atomic E-state index is 0.0472. The predicted molar refractivity (Wildman–Crippen MR) is 145 cm³/mol. The van der Waals surface area contributed by atoms with Crippen LogP contribution in [-0.2, 0) is 11.2 Å². The van der Waals surface area contributed by atoms with E-state index < -0.39 is 0 Å². The number of carbonyl (C=O) groups is 4. The molecule has 5 aromatic carbocycles. The summed E-state index contributed by atoms with van der Waals surface area (Å²) >= 11 is 0. The van der Waals surface area contributed by atoms with Crippen molar-refractivity contribution in [2.75, 3.05) is 35.4 Å². The van der Waals surface area contributed by atoms with Crippen LogP contribution in [0.15, 0.2) is 36.4 Å². The second-order valence-corrected chi connectivity index (χ2v) is 9.73. The molecular weight excluding hydrogens is 484 g/mol. The Morgan fingerprint density at radius 3 is 2.08 bits per heavy atom. The topological polar surface area (TPSA) is 93.2 Å². The van der Waals surface area contributed by atoms with Crippen LogP contribution in [0.2, 0.25) is 0 Å². The van der Waals surface area contributed by atoms with E-state index in [4.69, 9.17) is 9.47 Å². The molecule has 6 rings (SSSR count). The number of fused-ring (bicyclic) bond motifs is 2. The molecule has 0 unspecified atom stereocenters. The lowest BCUT2D eigenvalue weighted by Gasteiger charge is -2.23. The summed E-state index contributed by atoms with van der Waals surface area (Å²) in [6.07, 6.45) is 0.796. The Morgan fingerprint density at radius 1 is 0.868 bits per heavy atom. The molecule has 8 nitrogen and oxygen atoms in total. The average Bonchev–Trinajstić information content (AvgIpc) is 3.02. The van der Waals surface area contributed by atoms with Crippen molar-refractivity contribution in [3.8, 4) is 11.5 Å². The van der Waals surface area contributed by atoms with Gasteiger partial charge < -0.3 is 14.4 Å². The van der Waals surface area contributed by atoms with Gasteiger partial charge in [-0.05, 0) is 39.9 Å². The lowest BCUT2D eigenvalue weighted by Crippen LogP contribution is -2.32. The molecule has 1 aliphatic heterocycles. The van der Waals surface area contributed by atoms with Crippen molar-refractivity contribution in [2.24, 2.45) is 0 Å². The molecule has 190 valence electrons. The Kier molecular flexibility index (Phi) is 5.07. The van der Waals surface area contributed by atoms with Crippen LogP contribution in [0, 0.1) is 0 Å². The number of hydrogen-bond acceptors (Lipinski definition) is 6. The summed E-state index contributed by atoms with van der Waals surface area (Å²) in [5.74, 6) is 0.00157. The quantitative estimate of drug-likeness (QED) is 0.154. The Morgan fingerprint density at radius 2 is 1.47 bits per heavy atom. The van der Waals surface area contributed by atoms with Gasteiger partial charge in [0.15, 0.2) is 6.29 Å². The number of likely N-dealkylation sites (N-methyl/N-ethyl adjacent to an activating group) is 1. The molecule has 0 saturated carbocycles. The van der Waals surface area contributed by atoms with Gasteiger partial charge in [0.25, 0.3) is 11.8 Å². The van der Waals surface area contributed by atoms with Crippen LogP contribution in [0.25, 0.3) is 43.1 Å². The Balaban J connectivity index is 1.97. The molecule has 38 heavy (non-hydrogen) atoms. The molecule has 0 aromatic heterocycles. The number of aldehydes is 1. The lowest BCUT2D eigenvalue weighted by molar-refractivity contribution is -0.126. The van der Waals surface area contributed by atoms with E-state index in [1.165, 1.54) is 19.1 Å². The Bertz CT molecular complexity index is 1890. The second-order valence-electron chi connectivity index (χ2n) is 9.73. The summed E-state index contributed by atoms with van der Waals surface area (Å²) in [5, 5.41) is 5.64. The van der Waals surface area contributed by atoms with Gasteiger partial charge in [-0.15, -0.1) is 0 Å². The van der Waals surface area contributed by atoms with Crippen LogP contribution >= 0.6 is 0 Å². The van der Waals surface area contributed by atoms with Gasteiger partial charge >= 0.3 is 0 Å². The fraction of sp³-hybridized carbons (Fsp3) is 0.200. The smallest absolute Gasteiger partial charge is 0.260 e. The molecule has 0 radical (unpaired) electrons. The molecule has 0 fully saturated rings. The second kappa shape index (κ2) is 8.14. The largest absolute Gasteiger partial charge is 0.496 e. The molecule has 0 bridgehead atoms. The normalized spacial score (nSPS) is 13.6. The van der Waals surface area contributed by atoms with E-state index in [2.05, 4.69) is 0 Å². The number of benzene rings is 5. The first kappa shape index (κ1) is 23.7. The number of ether oxygens (including phenoxy) is 2. The van der Waals surface area contributed by atoms with E-state index in [1.807, 2.05) is 12.1 Å². The van der Waals surface area contributed by atoms with Crippen LogP contribution < -0.4 is 9.47 Å². The van der Waals surface area contributed by atoms with Crippen molar-refractivity contribution in [1.82, 2.24) is 9.80 Å². The maximum absolute atomic E-state index is 13.3. The van der Waals surface area contributed by atoms with Gasteiger partial charge in [-0.25, -0.2) is 0 Å². The highest BCUT2D eigenvalue weighted by Gasteiger charge is 2.31. The standard InChI is InChI=1S/C30H24N2O6/c1-31(2)29(35)19-12-21(38-5)28-25-16(7-6-14(13-33)23(19)25)17-8-9-18-24-15(11-22(34)32(3)30(18)36)10-20(37-4)27(28)26(17)24/h6-10,12-13H,11H2,1-5H3. The molecule has 1 heterocycles. The van der Waals surface area contributed by atoms with Crippen LogP contribution in [0.3, 0.4) is 0 Å². The molecule has 0 N–H and O–H groups in total. The predicted octanol–water partition coefficient (Wildman–Crippen LogP) is 4.42. The number of rotatable bonds is 4. The third-order valence-corrected chi connectivity index (χ3v) is 7.60. The van der Waals surface area contributed by atoms with Gasteiger partial charge in [0.05, 0.1) is 26.2 Å². The summed E-state index contributed by atoms with van der Waals surface area (Å²) in [6, 6.07) is 10.6. The highest BCUT2D eigenvalue weighted by Crippen LogP contribution is 2.50. The Hall–Kier alpha value is -4.72. The first-order valence-electron chi connectivity index (χ1n) is 12.1. The summed E-state index contributed by atoms with van der Waals surface area (Å²) in [4.78, 5) is 54.3. The maximum atomic E-state index is 13.3. The number of nitrogens with zero attached hydrogens (tertiary/aromatic N) is 2. The summed E-state index contributed by atoms with van der Waals surface area (Å²) in [6.45, 7) is 0. The van der Waals surface area contributed by atoms with Gasteiger partial charge in [-0.2, -0.15) is 0 Å². The van der Waals surface area contributed by atoms with E-state index in [0.717, 1.165) is 27.3 Å². The molecule has 5 aromatic rings. The fourth-order valence-electron chi connectivity index (χ4n) is 5.86. The van der Waals surface area contributed by atoms with E-state index in [0.29, 0.717) is 60.7 Å². The van der Waals surface area contributed by atoms with Gasteiger partial charge in [-0.3, -0.25) is 24.1 Å². The van der Waals surface area contributed by atoms with Crippen LogP contribution in [0.1, 0.15) is 36.6 Å². The number of amides is 3. The summed E-state index contributed by atoms with van der Waals surface area (Å²) in [7, 11) is 7.88. The molecule has 0 spiro atoms. The third kappa shape index (κ3) is 2.91. The minimum atomic E-state index is -0.373. The molecule has 0 saturated heterocycles. The van der Waals surface area contributed by atoms with Crippen molar-refractivity contribution in [3.05, 3.63) is 58.7 Å². The zero-order valence-corrected chi connectivity index (χ0v) is 21.6. The summed E-state index contributed by atoms with van der Waals surface area (Å²) in [5.41, 5.74) is 1.85. The zero-order chi connectivity index (χ0) is 27.0. The van der Waals surface area contributed by atoms with E-state index in [-0.39, 0.29) is 24.1 Å². The van der Waals surface area contributed by atoms with Crippen LogP contribution in [-0.4, -0.2) is 69.2 Å². The van der Waals surface area contributed by atoms with Gasteiger partial charge in [0.1, 0.15) is 11.5 Å². The number of imide groups is 1.